The molecule has 0 spiro atoms. The third kappa shape index (κ3) is 1.71. The lowest BCUT2D eigenvalue weighted by Crippen LogP contribution is -2.21. The Bertz CT molecular complexity index is 616. The fourth-order valence-electron chi connectivity index (χ4n) is 5.40. The third-order valence-corrected chi connectivity index (χ3v) is 6.41. The summed E-state index contributed by atoms with van der Waals surface area (Å²) >= 11 is 0. The van der Waals surface area contributed by atoms with E-state index in [-0.39, 0.29) is 71.2 Å². The fourth-order valence-corrected chi connectivity index (χ4v) is 5.40. The Kier molecular flexibility index (Phi) is 2.74. The molecular formula is C18H16O6. The monoisotopic (exact) mass is 328 g/mol. The summed E-state index contributed by atoms with van der Waals surface area (Å²) in [5.41, 5.74) is 0. The van der Waals surface area contributed by atoms with Crippen molar-refractivity contribution in [1.82, 2.24) is 0 Å². The lowest BCUT2D eigenvalue weighted by Gasteiger charge is -2.12. The van der Waals surface area contributed by atoms with Gasteiger partial charge >= 0.3 is 23.9 Å². The first kappa shape index (κ1) is 14.1. The van der Waals surface area contributed by atoms with Gasteiger partial charge in [0.2, 0.25) is 0 Å². The minimum Gasteiger partial charge on any atom is -0.393 e. The molecule has 2 saturated heterocycles. The van der Waals surface area contributed by atoms with E-state index in [1.807, 2.05) is 24.3 Å². The van der Waals surface area contributed by atoms with E-state index in [2.05, 4.69) is 9.47 Å². The second kappa shape index (κ2) is 4.65. The van der Waals surface area contributed by atoms with Crippen molar-refractivity contribution < 1.29 is 28.7 Å². The smallest absolute Gasteiger partial charge is 0.318 e. The number of carbonyl (C=O) groups is 4. The predicted octanol–water partition coefficient (Wildman–Crippen LogP) is 1.02. The van der Waals surface area contributed by atoms with E-state index in [1.54, 1.807) is 0 Å². The van der Waals surface area contributed by atoms with Gasteiger partial charge in [-0.05, 0) is 36.5 Å². The molecule has 6 rings (SSSR count). The Balaban J connectivity index is 0.000000109. The quantitative estimate of drug-likeness (QED) is 0.375. The topological polar surface area (TPSA) is 86.7 Å². The number of hydrogen-bond acceptors (Lipinski definition) is 6. The molecule has 0 aromatic heterocycles. The van der Waals surface area contributed by atoms with Crippen LogP contribution in [0.4, 0.5) is 0 Å². The number of fused-ring (bicyclic) bond motifs is 10. The minimum absolute atomic E-state index is 0.146. The summed E-state index contributed by atoms with van der Waals surface area (Å²) in [6, 6.07) is 0. The molecule has 6 aliphatic rings. The number of cyclic esters (lactones) is 4. The van der Waals surface area contributed by atoms with Crippen LogP contribution in [0.15, 0.2) is 24.3 Å². The Labute approximate surface area is 137 Å². The number of carbonyl (C=O) groups excluding carboxylic acids is 4. The van der Waals surface area contributed by atoms with Gasteiger partial charge in [-0.25, -0.2) is 0 Å². The van der Waals surface area contributed by atoms with Gasteiger partial charge in [-0.2, -0.15) is 0 Å². The lowest BCUT2D eigenvalue weighted by molar-refractivity contribution is -0.156. The summed E-state index contributed by atoms with van der Waals surface area (Å²) in [7, 11) is 0. The Morgan fingerprint density at radius 2 is 0.792 bits per heavy atom. The van der Waals surface area contributed by atoms with E-state index in [9.17, 15) is 19.2 Å². The van der Waals surface area contributed by atoms with Crippen molar-refractivity contribution in [3.8, 4) is 0 Å². The van der Waals surface area contributed by atoms with E-state index in [0.717, 1.165) is 12.8 Å². The number of rotatable bonds is 0. The summed E-state index contributed by atoms with van der Waals surface area (Å²) in [5.74, 6) is -0.691. The van der Waals surface area contributed by atoms with Crippen LogP contribution >= 0.6 is 0 Å². The molecule has 0 N–H and O–H groups in total. The largest absolute Gasteiger partial charge is 0.393 e. The number of esters is 4. The Hall–Kier alpha value is -2.24. The molecule has 0 amide bonds. The maximum Gasteiger partial charge on any atom is 0.318 e. The van der Waals surface area contributed by atoms with Gasteiger partial charge in [0.25, 0.3) is 0 Å². The molecule has 0 aromatic rings. The maximum absolute atomic E-state index is 11.2. The average Bonchev–Trinajstić information content (AvgIpc) is 3.34. The zero-order chi connectivity index (χ0) is 16.6. The van der Waals surface area contributed by atoms with Crippen molar-refractivity contribution in [3.63, 3.8) is 0 Å². The summed E-state index contributed by atoms with van der Waals surface area (Å²) in [5, 5.41) is 0. The molecule has 6 heteroatoms. The van der Waals surface area contributed by atoms with E-state index in [4.69, 9.17) is 0 Å². The van der Waals surface area contributed by atoms with E-state index in [1.165, 1.54) is 0 Å². The number of ether oxygens (including phenoxy) is 2. The second-order valence-electron chi connectivity index (χ2n) is 7.48. The zero-order valence-corrected chi connectivity index (χ0v) is 12.8. The minimum atomic E-state index is -0.304. The van der Waals surface area contributed by atoms with E-state index in [0.29, 0.717) is 0 Å². The molecule has 4 bridgehead atoms. The van der Waals surface area contributed by atoms with Gasteiger partial charge in [-0.1, -0.05) is 24.3 Å². The van der Waals surface area contributed by atoms with Gasteiger partial charge in [-0.3, -0.25) is 19.2 Å². The molecule has 24 heavy (non-hydrogen) atoms. The second-order valence-corrected chi connectivity index (χ2v) is 7.48. The molecule has 4 aliphatic carbocycles. The van der Waals surface area contributed by atoms with Crippen molar-refractivity contribution in [2.24, 2.45) is 47.3 Å². The third-order valence-electron chi connectivity index (χ3n) is 6.41. The van der Waals surface area contributed by atoms with Crippen LogP contribution in [0, 0.1) is 47.3 Å². The van der Waals surface area contributed by atoms with Crippen molar-refractivity contribution in [2.75, 3.05) is 0 Å². The molecule has 2 aliphatic heterocycles. The van der Waals surface area contributed by atoms with Crippen LogP contribution in [0.2, 0.25) is 0 Å². The van der Waals surface area contributed by atoms with Gasteiger partial charge in [0.15, 0.2) is 0 Å². The molecule has 2 saturated carbocycles. The Morgan fingerprint density at radius 3 is 1.04 bits per heavy atom. The molecule has 124 valence electrons. The normalized spacial score (nSPS) is 48.3. The predicted molar refractivity (Wildman–Crippen MR) is 77.6 cm³/mol. The Morgan fingerprint density at radius 1 is 0.542 bits per heavy atom. The van der Waals surface area contributed by atoms with Gasteiger partial charge in [-0.15, -0.1) is 0 Å². The highest BCUT2D eigenvalue weighted by molar-refractivity contribution is 5.98. The molecule has 4 unspecified atom stereocenters. The van der Waals surface area contributed by atoms with Gasteiger partial charge < -0.3 is 9.47 Å². The van der Waals surface area contributed by atoms with Crippen LogP contribution in [0.25, 0.3) is 0 Å². The molecular weight excluding hydrogens is 312 g/mol. The van der Waals surface area contributed by atoms with Crippen LogP contribution in [0.3, 0.4) is 0 Å². The molecule has 0 aromatic carbocycles. The van der Waals surface area contributed by atoms with Gasteiger partial charge in [0.05, 0.1) is 23.7 Å². The van der Waals surface area contributed by atoms with Gasteiger partial charge in [0, 0.05) is 0 Å². The van der Waals surface area contributed by atoms with Crippen LogP contribution in [0.1, 0.15) is 12.8 Å². The van der Waals surface area contributed by atoms with E-state index < -0.39 is 0 Å². The van der Waals surface area contributed by atoms with Crippen molar-refractivity contribution in [1.29, 1.82) is 0 Å². The molecule has 8 atom stereocenters. The standard InChI is InChI=1S/2C9H8O3/c2*10-8-6-4-1-2-5(3-4)7(6)9(11)12-8/h2*1-2,4-7H,3H2/t2*4?,5?,6-,7+. The van der Waals surface area contributed by atoms with Crippen molar-refractivity contribution in [3.05, 3.63) is 24.3 Å². The van der Waals surface area contributed by atoms with Gasteiger partial charge in [0.1, 0.15) is 0 Å². The highest BCUT2D eigenvalue weighted by Crippen LogP contribution is 2.52. The molecule has 2 heterocycles. The van der Waals surface area contributed by atoms with Crippen LogP contribution < -0.4 is 0 Å². The number of allylic oxidation sites excluding steroid dienone is 4. The first-order valence-corrected chi connectivity index (χ1v) is 8.42. The first-order chi connectivity index (χ1) is 11.5. The maximum atomic E-state index is 11.2. The summed E-state index contributed by atoms with van der Waals surface area (Å²) in [6.07, 6.45) is 10.1. The SMILES string of the molecule is O=C1OC(=O)[C@H]2C3C=CC(C3)[C@@H]12.O=C1OC(=O)[C@H]2C3C=CC(C3)[C@@H]12. The summed E-state index contributed by atoms with van der Waals surface area (Å²) in [4.78, 5) is 44.7. The highest BCUT2D eigenvalue weighted by Gasteiger charge is 2.58. The first-order valence-electron chi connectivity index (χ1n) is 8.42. The summed E-state index contributed by atoms with van der Waals surface area (Å²) < 4.78 is 9.18. The van der Waals surface area contributed by atoms with Crippen LogP contribution in [-0.2, 0) is 28.7 Å². The van der Waals surface area contributed by atoms with Crippen LogP contribution in [-0.4, -0.2) is 23.9 Å². The zero-order valence-electron chi connectivity index (χ0n) is 12.8. The van der Waals surface area contributed by atoms with Crippen molar-refractivity contribution >= 4 is 23.9 Å². The van der Waals surface area contributed by atoms with E-state index >= 15 is 0 Å². The highest BCUT2D eigenvalue weighted by atomic mass is 16.6. The average molecular weight is 328 g/mol. The fraction of sp³-hybridized carbons (Fsp3) is 0.556. The van der Waals surface area contributed by atoms with Crippen LogP contribution in [0.5, 0.6) is 0 Å². The molecule has 4 fully saturated rings. The lowest BCUT2D eigenvalue weighted by atomic mass is 9.85. The number of hydrogen-bond donors (Lipinski definition) is 0. The van der Waals surface area contributed by atoms with Crippen molar-refractivity contribution in [2.45, 2.75) is 12.8 Å². The molecule has 6 nitrogen and oxygen atoms in total. The summed E-state index contributed by atoms with van der Waals surface area (Å²) in [6.45, 7) is 0. The molecule has 0 radical (unpaired) electrons.